The Morgan fingerprint density at radius 1 is 1.42 bits per heavy atom. The molecule has 0 N–H and O–H groups in total. The largest absolute Gasteiger partial charge is 0.468 e. The summed E-state index contributed by atoms with van der Waals surface area (Å²) in [5.41, 5.74) is 0. The first-order chi connectivity index (χ1) is 5.81. The van der Waals surface area contributed by atoms with Crippen LogP contribution in [-0.4, -0.2) is 0 Å². The molecule has 1 nitrogen and oxygen atoms in total. The van der Waals surface area contributed by atoms with Crippen LogP contribution in [0.4, 0.5) is 0 Å². The van der Waals surface area contributed by atoms with Crippen LogP contribution >= 0.6 is 11.6 Å². The van der Waals surface area contributed by atoms with E-state index >= 15 is 0 Å². The summed E-state index contributed by atoms with van der Waals surface area (Å²) in [6.07, 6.45) is 2.67. The Bertz CT molecular complexity index is 403. The molecule has 62 valence electrons. The SMILES string of the molecule is CCc1occ2cc(Cl)ccc12. The Labute approximate surface area is 75.9 Å². The number of fused-ring (bicyclic) bond motifs is 1. The van der Waals surface area contributed by atoms with E-state index in [1.54, 1.807) is 6.26 Å². The summed E-state index contributed by atoms with van der Waals surface area (Å²) in [5.74, 6) is 1.03. The van der Waals surface area contributed by atoms with Crippen molar-refractivity contribution < 1.29 is 4.42 Å². The molecule has 2 rings (SSSR count). The molecule has 0 bridgehead atoms. The van der Waals surface area contributed by atoms with Crippen LogP contribution in [0.25, 0.3) is 10.8 Å². The minimum atomic E-state index is 0.756. The van der Waals surface area contributed by atoms with Crippen molar-refractivity contribution in [3.63, 3.8) is 0 Å². The summed E-state index contributed by atoms with van der Waals surface area (Å²) in [6, 6.07) is 5.80. The molecule has 0 spiro atoms. The van der Waals surface area contributed by atoms with Gasteiger partial charge in [-0.1, -0.05) is 18.5 Å². The van der Waals surface area contributed by atoms with Crippen LogP contribution in [0, 0.1) is 0 Å². The fourth-order valence-corrected chi connectivity index (χ4v) is 1.54. The molecular formula is C10H9ClO. The number of hydrogen-bond acceptors (Lipinski definition) is 1. The van der Waals surface area contributed by atoms with E-state index in [-0.39, 0.29) is 0 Å². The first kappa shape index (κ1) is 7.69. The fraction of sp³-hybridized carbons (Fsp3) is 0.200. The van der Waals surface area contributed by atoms with Gasteiger partial charge in [0.1, 0.15) is 5.76 Å². The first-order valence-corrected chi connectivity index (χ1v) is 4.34. The standard InChI is InChI=1S/C10H9ClO/c1-2-10-9-4-3-8(11)5-7(9)6-12-10/h3-6H,2H2,1H3. The van der Waals surface area contributed by atoms with Gasteiger partial charge >= 0.3 is 0 Å². The summed E-state index contributed by atoms with van der Waals surface area (Å²) in [7, 11) is 0. The Balaban J connectivity index is 2.73. The van der Waals surface area contributed by atoms with Crippen LogP contribution in [0.5, 0.6) is 0 Å². The van der Waals surface area contributed by atoms with Crippen LogP contribution in [0.3, 0.4) is 0 Å². The smallest absolute Gasteiger partial charge is 0.111 e. The molecule has 2 heteroatoms. The molecule has 1 heterocycles. The van der Waals surface area contributed by atoms with Gasteiger partial charge in [-0.3, -0.25) is 0 Å². The highest BCUT2D eigenvalue weighted by molar-refractivity contribution is 6.31. The summed E-state index contributed by atoms with van der Waals surface area (Å²) >= 11 is 5.83. The molecule has 0 fully saturated rings. The van der Waals surface area contributed by atoms with E-state index in [9.17, 15) is 0 Å². The van der Waals surface area contributed by atoms with Gasteiger partial charge < -0.3 is 4.42 Å². The second-order valence-corrected chi connectivity index (χ2v) is 3.18. The molecule has 0 saturated heterocycles. The second-order valence-electron chi connectivity index (χ2n) is 2.74. The molecule has 0 radical (unpaired) electrons. The van der Waals surface area contributed by atoms with E-state index in [4.69, 9.17) is 16.0 Å². The number of furan rings is 1. The zero-order valence-electron chi connectivity index (χ0n) is 6.80. The summed E-state index contributed by atoms with van der Waals surface area (Å²) in [5, 5.41) is 3.01. The molecule has 0 aliphatic carbocycles. The molecule has 12 heavy (non-hydrogen) atoms. The van der Waals surface area contributed by atoms with E-state index in [1.807, 2.05) is 18.2 Å². The molecule has 0 aliphatic heterocycles. The Kier molecular flexibility index (Phi) is 1.81. The van der Waals surface area contributed by atoms with Crippen molar-refractivity contribution in [2.24, 2.45) is 0 Å². The third-order valence-electron chi connectivity index (χ3n) is 1.96. The lowest BCUT2D eigenvalue weighted by atomic mass is 10.1. The predicted molar refractivity (Wildman–Crippen MR) is 50.6 cm³/mol. The third-order valence-corrected chi connectivity index (χ3v) is 2.20. The molecule has 0 saturated carbocycles. The van der Waals surface area contributed by atoms with Crippen molar-refractivity contribution in [3.8, 4) is 0 Å². The third kappa shape index (κ3) is 1.10. The maximum absolute atomic E-state index is 5.83. The van der Waals surface area contributed by atoms with E-state index in [2.05, 4.69) is 6.92 Å². The number of aryl methyl sites for hydroxylation is 1. The van der Waals surface area contributed by atoms with Crippen molar-refractivity contribution in [1.29, 1.82) is 0 Å². The summed E-state index contributed by atoms with van der Waals surface area (Å²) < 4.78 is 5.36. The van der Waals surface area contributed by atoms with E-state index < -0.39 is 0 Å². The van der Waals surface area contributed by atoms with Gasteiger partial charge in [0.2, 0.25) is 0 Å². The summed E-state index contributed by atoms with van der Waals surface area (Å²) in [4.78, 5) is 0. The number of hydrogen-bond donors (Lipinski definition) is 0. The van der Waals surface area contributed by atoms with Gasteiger partial charge in [-0.2, -0.15) is 0 Å². The molecule has 0 atom stereocenters. The minimum Gasteiger partial charge on any atom is -0.468 e. The van der Waals surface area contributed by atoms with Gasteiger partial charge in [-0.05, 0) is 18.2 Å². The first-order valence-electron chi connectivity index (χ1n) is 3.97. The Hall–Kier alpha value is -0.950. The number of benzene rings is 1. The van der Waals surface area contributed by atoms with Gasteiger partial charge in [-0.25, -0.2) is 0 Å². The highest BCUT2D eigenvalue weighted by Gasteiger charge is 2.03. The highest BCUT2D eigenvalue weighted by atomic mass is 35.5. The normalized spacial score (nSPS) is 10.8. The average molecular weight is 181 g/mol. The number of halogens is 1. The van der Waals surface area contributed by atoms with Gasteiger partial charge in [0.25, 0.3) is 0 Å². The molecule has 0 aliphatic rings. The monoisotopic (exact) mass is 180 g/mol. The Morgan fingerprint density at radius 3 is 3.00 bits per heavy atom. The number of rotatable bonds is 1. The zero-order chi connectivity index (χ0) is 8.55. The van der Waals surface area contributed by atoms with Gasteiger partial charge in [0, 0.05) is 22.2 Å². The maximum Gasteiger partial charge on any atom is 0.111 e. The van der Waals surface area contributed by atoms with E-state index in [0.29, 0.717) is 0 Å². The fourth-order valence-electron chi connectivity index (χ4n) is 1.36. The molecule has 1 aromatic heterocycles. The Morgan fingerprint density at radius 2 is 2.25 bits per heavy atom. The average Bonchev–Trinajstić information content (AvgIpc) is 2.46. The van der Waals surface area contributed by atoms with Crippen LogP contribution < -0.4 is 0 Å². The van der Waals surface area contributed by atoms with Crippen LogP contribution in [-0.2, 0) is 6.42 Å². The molecule has 0 unspecified atom stereocenters. The maximum atomic E-state index is 5.83. The topological polar surface area (TPSA) is 13.1 Å². The van der Waals surface area contributed by atoms with Crippen LogP contribution in [0.15, 0.2) is 28.9 Å². The predicted octanol–water partition coefficient (Wildman–Crippen LogP) is 3.65. The van der Waals surface area contributed by atoms with Crippen molar-refractivity contribution in [2.45, 2.75) is 13.3 Å². The second kappa shape index (κ2) is 2.83. The van der Waals surface area contributed by atoms with Gasteiger partial charge in [0.05, 0.1) is 6.26 Å². The highest BCUT2D eigenvalue weighted by Crippen LogP contribution is 2.24. The molecule has 2 aromatic rings. The quantitative estimate of drug-likeness (QED) is 0.653. The van der Waals surface area contributed by atoms with Crippen LogP contribution in [0.1, 0.15) is 12.7 Å². The van der Waals surface area contributed by atoms with Gasteiger partial charge in [0.15, 0.2) is 0 Å². The molecular weight excluding hydrogens is 172 g/mol. The van der Waals surface area contributed by atoms with Crippen molar-refractivity contribution in [3.05, 3.63) is 35.2 Å². The minimum absolute atomic E-state index is 0.756. The van der Waals surface area contributed by atoms with Crippen molar-refractivity contribution in [2.75, 3.05) is 0 Å². The molecule has 0 amide bonds. The lowest BCUT2D eigenvalue weighted by molar-refractivity contribution is 0.521. The summed E-state index contributed by atoms with van der Waals surface area (Å²) in [6.45, 7) is 2.08. The van der Waals surface area contributed by atoms with E-state index in [0.717, 1.165) is 22.6 Å². The molecule has 1 aromatic carbocycles. The lowest BCUT2D eigenvalue weighted by Crippen LogP contribution is -1.74. The zero-order valence-corrected chi connectivity index (χ0v) is 7.56. The lowest BCUT2D eigenvalue weighted by Gasteiger charge is -1.91. The van der Waals surface area contributed by atoms with Gasteiger partial charge in [-0.15, -0.1) is 0 Å². The van der Waals surface area contributed by atoms with Crippen molar-refractivity contribution >= 4 is 22.4 Å². The van der Waals surface area contributed by atoms with Crippen LogP contribution in [0.2, 0.25) is 5.02 Å². The van der Waals surface area contributed by atoms with Crippen molar-refractivity contribution in [1.82, 2.24) is 0 Å². The van der Waals surface area contributed by atoms with E-state index in [1.165, 1.54) is 5.39 Å².